The summed E-state index contributed by atoms with van der Waals surface area (Å²) in [6.45, 7) is 0.344. The first kappa shape index (κ1) is 21.6. The summed E-state index contributed by atoms with van der Waals surface area (Å²) in [6, 6.07) is 4.75. The van der Waals surface area contributed by atoms with E-state index >= 15 is 0 Å². The van der Waals surface area contributed by atoms with Crippen molar-refractivity contribution < 1.29 is 18.8 Å². The lowest BCUT2D eigenvalue weighted by atomic mass is 10.0. The summed E-state index contributed by atoms with van der Waals surface area (Å²) in [5.74, 6) is -1.16. The van der Waals surface area contributed by atoms with E-state index in [1.165, 1.54) is 12.4 Å². The molecule has 166 valence electrons. The quantitative estimate of drug-likeness (QED) is 0.669. The first-order chi connectivity index (χ1) is 15.5. The number of likely N-dealkylation sites (N-methyl/N-ethyl adjacent to an activating group) is 1. The van der Waals surface area contributed by atoms with Crippen LogP contribution in [0.15, 0.2) is 48.1 Å². The molecule has 0 atom stereocenters. The molecule has 2 aliphatic rings. The molecule has 1 saturated carbocycles. The molecule has 9 heteroatoms. The second kappa shape index (κ2) is 9.25. The molecule has 0 saturated heterocycles. The molecule has 1 aliphatic heterocycles. The van der Waals surface area contributed by atoms with Crippen LogP contribution in [0.1, 0.15) is 25.7 Å². The van der Waals surface area contributed by atoms with Gasteiger partial charge in [0.25, 0.3) is 5.91 Å². The van der Waals surface area contributed by atoms with Crippen molar-refractivity contribution in [2.45, 2.75) is 31.7 Å². The maximum absolute atomic E-state index is 14.6. The van der Waals surface area contributed by atoms with Crippen LogP contribution in [0.3, 0.4) is 0 Å². The fourth-order valence-electron chi connectivity index (χ4n) is 3.82. The Morgan fingerprint density at radius 1 is 1.34 bits per heavy atom. The van der Waals surface area contributed by atoms with Crippen molar-refractivity contribution in [3.63, 3.8) is 0 Å². The number of anilines is 1. The third-order valence-electron chi connectivity index (χ3n) is 5.68. The highest BCUT2D eigenvalue weighted by atomic mass is 19.1. The van der Waals surface area contributed by atoms with E-state index < -0.39 is 11.7 Å². The molecule has 1 aliphatic carbocycles. The van der Waals surface area contributed by atoms with Gasteiger partial charge in [-0.15, -0.1) is 0 Å². The number of hydrogen-bond acceptors (Lipinski definition) is 6. The van der Waals surface area contributed by atoms with E-state index in [2.05, 4.69) is 15.3 Å². The zero-order chi connectivity index (χ0) is 22.7. The minimum absolute atomic E-state index is 0.0692. The summed E-state index contributed by atoms with van der Waals surface area (Å²) >= 11 is 0. The van der Waals surface area contributed by atoms with E-state index in [1.54, 1.807) is 35.2 Å². The minimum Gasteiger partial charge on any atom is -0.357 e. The van der Waals surface area contributed by atoms with E-state index in [0.717, 1.165) is 18.9 Å². The highest BCUT2D eigenvalue weighted by Crippen LogP contribution is 2.30. The van der Waals surface area contributed by atoms with Gasteiger partial charge in [-0.25, -0.2) is 9.37 Å². The number of carbonyl (C=O) groups is 3. The number of allylic oxidation sites excluding steroid dienone is 1. The van der Waals surface area contributed by atoms with Crippen molar-refractivity contribution in [1.29, 1.82) is 0 Å². The Hall–Kier alpha value is -3.62. The molecule has 3 heterocycles. The third-order valence-corrected chi connectivity index (χ3v) is 5.68. The molecule has 8 nitrogen and oxygen atoms in total. The first-order valence-corrected chi connectivity index (χ1v) is 10.5. The highest BCUT2D eigenvalue weighted by molar-refractivity contribution is 6.00. The Morgan fingerprint density at radius 3 is 2.81 bits per heavy atom. The smallest absolute Gasteiger partial charge is 0.270 e. The van der Waals surface area contributed by atoms with Crippen LogP contribution in [0, 0.1) is 5.82 Å². The predicted octanol–water partition coefficient (Wildman–Crippen LogP) is 2.39. The normalized spacial score (nSPS) is 16.0. The van der Waals surface area contributed by atoms with Crippen molar-refractivity contribution in [2.75, 3.05) is 25.5 Å². The monoisotopic (exact) mass is 437 g/mol. The van der Waals surface area contributed by atoms with Crippen LogP contribution in [-0.2, 0) is 14.4 Å². The van der Waals surface area contributed by atoms with Crippen molar-refractivity contribution in [1.82, 2.24) is 19.8 Å². The number of pyridine rings is 2. The highest BCUT2D eigenvalue weighted by Gasteiger charge is 2.35. The Balaban J connectivity index is 1.47. The topological polar surface area (TPSA) is 95.5 Å². The lowest BCUT2D eigenvalue weighted by molar-refractivity contribution is -0.129. The SMILES string of the molecule is CN(C(=O)C1=C(C=O)CCCN1CC(=O)Nc1cc(F)c(-c2cccnc2)cn1)C1CC1. The number of amides is 2. The molecular formula is C23H24FN5O3. The molecule has 0 bridgehead atoms. The molecule has 32 heavy (non-hydrogen) atoms. The van der Waals surface area contributed by atoms with Crippen LogP contribution in [0.2, 0.25) is 0 Å². The van der Waals surface area contributed by atoms with Crippen LogP contribution >= 0.6 is 0 Å². The summed E-state index contributed by atoms with van der Waals surface area (Å²) in [6.07, 6.45) is 8.22. The van der Waals surface area contributed by atoms with Crippen LogP contribution in [-0.4, -0.2) is 64.0 Å². The zero-order valence-corrected chi connectivity index (χ0v) is 17.8. The van der Waals surface area contributed by atoms with Gasteiger partial charge < -0.3 is 15.1 Å². The molecule has 0 aromatic carbocycles. The number of halogens is 1. The first-order valence-electron chi connectivity index (χ1n) is 10.5. The number of nitrogens with zero attached hydrogens (tertiary/aromatic N) is 4. The molecule has 2 aromatic heterocycles. The molecule has 1 fully saturated rings. The number of hydrogen-bond donors (Lipinski definition) is 1. The van der Waals surface area contributed by atoms with Crippen LogP contribution < -0.4 is 5.32 Å². The summed E-state index contributed by atoms with van der Waals surface area (Å²) in [5.41, 5.74) is 1.55. The Bertz CT molecular complexity index is 1070. The fourth-order valence-corrected chi connectivity index (χ4v) is 3.82. The molecule has 0 unspecified atom stereocenters. The van der Waals surface area contributed by atoms with Gasteiger partial charge in [0, 0.05) is 61.0 Å². The average molecular weight is 437 g/mol. The number of rotatable bonds is 7. The molecular weight excluding hydrogens is 413 g/mol. The van der Waals surface area contributed by atoms with Crippen molar-refractivity contribution in [3.8, 4) is 11.1 Å². The Labute approximate surface area is 185 Å². The van der Waals surface area contributed by atoms with Crippen LogP contribution in [0.5, 0.6) is 0 Å². The molecule has 0 spiro atoms. The van der Waals surface area contributed by atoms with Gasteiger partial charge in [-0.1, -0.05) is 6.07 Å². The molecule has 1 N–H and O–H groups in total. The van der Waals surface area contributed by atoms with Gasteiger partial charge >= 0.3 is 0 Å². The Morgan fingerprint density at radius 2 is 2.16 bits per heavy atom. The van der Waals surface area contributed by atoms with Crippen molar-refractivity contribution in [3.05, 3.63) is 53.9 Å². The fraction of sp³-hybridized carbons (Fsp3) is 0.348. The predicted molar refractivity (Wildman–Crippen MR) is 116 cm³/mol. The summed E-state index contributed by atoms with van der Waals surface area (Å²) in [7, 11) is 1.72. The average Bonchev–Trinajstić information content (AvgIpc) is 3.64. The van der Waals surface area contributed by atoms with Gasteiger partial charge in [0.1, 0.15) is 23.6 Å². The number of aromatic nitrogens is 2. The van der Waals surface area contributed by atoms with Gasteiger partial charge in [-0.2, -0.15) is 0 Å². The van der Waals surface area contributed by atoms with Gasteiger partial charge in [-0.3, -0.25) is 19.4 Å². The molecule has 2 amide bonds. The second-order valence-corrected chi connectivity index (χ2v) is 8.00. The van der Waals surface area contributed by atoms with E-state index in [9.17, 15) is 18.8 Å². The summed E-state index contributed by atoms with van der Waals surface area (Å²) < 4.78 is 14.6. The van der Waals surface area contributed by atoms with E-state index in [1.807, 2.05) is 0 Å². The zero-order valence-electron chi connectivity index (χ0n) is 17.8. The van der Waals surface area contributed by atoms with Gasteiger partial charge in [0.05, 0.1) is 6.54 Å². The lowest BCUT2D eigenvalue weighted by Crippen LogP contribution is -2.43. The van der Waals surface area contributed by atoms with E-state index in [0.29, 0.717) is 36.8 Å². The van der Waals surface area contributed by atoms with E-state index in [-0.39, 0.29) is 35.6 Å². The maximum atomic E-state index is 14.6. The summed E-state index contributed by atoms with van der Waals surface area (Å²) in [4.78, 5) is 48.6. The maximum Gasteiger partial charge on any atom is 0.270 e. The van der Waals surface area contributed by atoms with Crippen LogP contribution in [0.25, 0.3) is 11.1 Å². The summed E-state index contributed by atoms with van der Waals surface area (Å²) in [5, 5.41) is 2.58. The van der Waals surface area contributed by atoms with Crippen molar-refractivity contribution >= 4 is 23.9 Å². The minimum atomic E-state index is -0.536. The van der Waals surface area contributed by atoms with Gasteiger partial charge in [0.15, 0.2) is 0 Å². The molecule has 2 aromatic rings. The standard InChI is InChI=1S/C23H24FN5O3/c1-28(17-6-7-17)23(32)22-16(14-30)5-3-9-29(22)13-21(31)27-20-10-19(24)18(12-26-20)15-4-2-8-25-11-15/h2,4,8,10-12,14,17H,3,5-7,9,13H2,1H3,(H,26,27,31). The largest absolute Gasteiger partial charge is 0.357 e. The Kier molecular flexibility index (Phi) is 6.25. The number of nitrogens with one attached hydrogen (secondary N) is 1. The van der Waals surface area contributed by atoms with Crippen LogP contribution in [0.4, 0.5) is 10.2 Å². The number of aldehydes is 1. The van der Waals surface area contributed by atoms with Gasteiger partial charge in [0.2, 0.25) is 5.91 Å². The van der Waals surface area contributed by atoms with Gasteiger partial charge in [-0.05, 0) is 31.7 Å². The second-order valence-electron chi connectivity index (χ2n) is 8.00. The third kappa shape index (κ3) is 4.66. The number of carbonyl (C=O) groups excluding carboxylic acids is 3. The molecule has 4 rings (SSSR count). The van der Waals surface area contributed by atoms with E-state index in [4.69, 9.17) is 0 Å². The lowest BCUT2D eigenvalue weighted by Gasteiger charge is -2.33. The van der Waals surface area contributed by atoms with Crippen molar-refractivity contribution in [2.24, 2.45) is 0 Å². The molecule has 0 radical (unpaired) electrons.